The average Bonchev–Trinajstić information content (AvgIpc) is 3.64. The SMILES string of the molecule is O=C(C[C@H]1c2ccccc2C[C@H]1O)c1ccc(F)c(NC(=O)c2cnc3ccc(-n4ccnc4)cn23)c1. The van der Waals surface area contributed by atoms with Gasteiger partial charge < -0.3 is 15.0 Å². The number of amides is 1. The Kier molecular flexibility index (Phi) is 5.61. The molecule has 37 heavy (non-hydrogen) atoms. The Balaban J connectivity index is 1.24. The number of benzene rings is 2. The zero-order valence-corrected chi connectivity index (χ0v) is 19.6. The summed E-state index contributed by atoms with van der Waals surface area (Å²) in [6.45, 7) is 0. The van der Waals surface area contributed by atoms with Crippen molar-refractivity contribution in [2.75, 3.05) is 5.32 Å². The van der Waals surface area contributed by atoms with Crippen molar-refractivity contribution in [3.63, 3.8) is 0 Å². The van der Waals surface area contributed by atoms with E-state index in [0.717, 1.165) is 22.9 Å². The second-order valence-electron chi connectivity index (χ2n) is 9.08. The van der Waals surface area contributed by atoms with Crippen molar-refractivity contribution in [1.82, 2.24) is 18.9 Å². The molecule has 0 fully saturated rings. The Morgan fingerprint density at radius 3 is 2.84 bits per heavy atom. The molecular weight excluding hydrogens is 473 g/mol. The third kappa shape index (κ3) is 4.19. The highest BCUT2D eigenvalue weighted by atomic mass is 19.1. The summed E-state index contributed by atoms with van der Waals surface area (Å²) in [7, 11) is 0. The minimum absolute atomic E-state index is 0.0848. The van der Waals surface area contributed by atoms with Crippen molar-refractivity contribution in [2.45, 2.75) is 24.9 Å². The zero-order chi connectivity index (χ0) is 25.5. The summed E-state index contributed by atoms with van der Waals surface area (Å²) in [5.74, 6) is -1.80. The Morgan fingerprint density at radius 2 is 2.00 bits per heavy atom. The molecule has 5 aromatic rings. The number of aliphatic hydroxyl groups excluding tert-OH is 1. The van der Waals surface area contributed by atoms with Gasteiger partial charge >= 0.3 is 0 Å². The molecule has 2 atom stereocenters. The quantitative estimate of drug-likeness (QED) is 0.344. The predicted octanol–water partition coefficient (Wildman–Crippen LogP) is 4.19. The number of pyridine rings is 1. The van der Waals surface area contributed by atoms with E-state index >= 15 is 0 Å². The topological polar surface area (TPSA) is 102 Å². The Bertz CT molecular complexity index is 1640. The normalized spacial score (nSPS) is 16.6. The smallest absolute Gasteiger partial charge is 0.274 e. The lowest BCUT2D eigenvalue weighted by Crippen LogP contribution is -2.18. The van der Waals surface area contributed by atoms with Crippen LogP contribution < -0.4 is 5.32 Å². The fraction of sp³-hybridized carbons (Fsp3) is 0.143. The first-order valence-electron chi connectivity index (χ1n) is 11.8. The van der Waals surface area contributed by atoms with Crippen LogP contribution in [0.4, 0.5) is 10.1 Å². The van der Waals surface area contributed by atoms with Crippen LogP contribution in [0.3, 0.4) is 0 Å². The monoisotopic (exact) mass is 495 g/mol. The molecular formula is C28H22FN5O3. The second-order valence-corrected chi connectivity index (χ2v) is 9.08. The van der Waals surface area contributed by atoms with Gasteiger partial charge in [-0.15, -0.1) is 0 Å². The number of Topliss-reactive ketones (excluding diaryl/α,β-unsaturated/α-hetero) is 1. The molecule has 3 aromatic heterocycles. The van der Waals surface area contributed by atoms with Gasteiger partial charge in [0.2, 0.25) is 0 Å². The van der Waals surface area contributed by atoms with E-state index in [1.165, 1.54) is 18.3 Å². The number of ketones is 1. The summed E-state index contributed by atoms with van der Waals surface area (Å²) in [5.41, 5.74) is 3.67. The van der Waals surface area contributed by atoms with E-state index < -0.39 is 17.8 Å². The molecule has 2 N–H and O–H groups in total. The van der Waals surface area contributed by atoms with Gasteiger partial charge in [0, 0.05) is 36.5 Å². The maximum absolute atomic E-state index is 14.7. The van der Waals surface area contributed by atoms with E-state index in [0.29, 0.717) is 12.1 Å². The van der Waals surface area contributed by atoms with Crippen LogP contribution in [0.1, 0.15) is 44.3 Å². The average molecular weight is 496 g/mol. The fourth-order valence-electron chi connectivity index (χ4n) is 4.90. The van der Waals surface area contributed by atoms with E-state index in [1.807, 2.05) is 30.3 Å². The van der Waals surface area contributed by atoms with Crippen LogP contribution >= 0.6 is 0 Å². The lowest BCUT2D eigenvalue weighted by molar-refractivity contribution is 0.0920. The molecule has 0 saturated carbocycles. The van der Waals surface area contributed by atoms with E-state index in [4.69, 9.17) is 0 Å². The molecule has 0 bridgehead atoms. The summed E-state index contributed by atoms with van der Waals surface area (Å²) in [4.78, 5) is 34.5. The third-order valence-electron chi connectivity index (χ3n) is 6.82. The summed E-state index contributed by atoms with van der Waals surface area (Å²) in [5, 5.41) is 13.1. The van der Waals surface area contributed by atoms with Gasteiger partial charge in [-0.25, -0.2) is 14.4 Å². The third-order valence-corrected chi connectivity index (χ3v) is 6.82. The van der Waals surface area contributed by atoms with E-state index in [1.54, 1.807) is 40.0 Å². The van der Waals surface area contributed by atoms with Crippen LogP contribution in [0.15, 0.2) is 85.7 Å². The highest BCUT2D eigenvalue weighted by Gasteiger charge is 2.32. The van der Waals surface area contributed by atoms with Crippen molar-refractivity contribution in [3.05, 3.63) is 114 Å². The first kappa shape index (κ1) is 22.8. The van der Waals surface area contributed by atoms with Gasteiger partial charge in [-0.3, -0.25) is 14.0 Å². The standard InChI is InChI=1S/C28H22FN5O3/c29-22-7-5-18(25(35)13-21-20-4-2-1-3-17(20)12-26(21)36)11-23(22)32-28(37)24-14-31-27-8-6-19(15-34(24)27)33-10-9-30-16-33/h1-11,14-16,21,26,36H,12-13H2,(H,32,37)/t21-,26+/m0/s1. The number of aromatic nitrogens is 4. The molecule has 0 spiro atoms. The highest BCUT2D eigenvalue weighted by Crippen LogP contribution is 2.36. The van der Waals surface area contributed by atoms with Gasteiger partial charge in [-0.1, -0.05) is 24.3 Å². The highest BCUT2D eigenvalue weighted by molar-refractivity contribution is 6.05. The van der Waals surface area contributed by atoms with Crippen LogP contribution in [0.5, 0.6) is 0 Å². The van der Waals surface area contributed by atoms with Gasteiger partial charge in [0.15, 0.2) is 5.78 Å². The fourth-order valence-corrected chi connectivity index (χ4v) is 4.90. The number of carbonyl (C=O) groups is 2. The van der Waals surface area contributed by atoms with Crippen LogP contribution in [0.2, 0.25) is 0 Å². The number of carbonyl (C=O) groups excluding carboxylic acids is 2. The van der Waals surface area contributed by atoms with Gasteiger partial charge in [0.1, 0.15) is 17.2 Å². The number of hydrogen-bond acceptors (Lipinski definition) is 5. The number of nitrogens with zero attached hydrogens (tertiary/aromatic N) is 4. The maximum Gasteiger partial charge on any atom is 0.274 e. The Labute approximate surface area is 211 Å². The summed E-state index contributed by atoms with van der Waals surface area (Å²) in [6, 6.07) is 15.2. The largest absolute Gasteiger partial charge is 0.392 e. The van der Waals surface area contributed by atoms with Crippen molar-refractivity contribution >= 4 is 23.0 Å². The molecule has 1 amide bonds. The van der Waals surface area contributed by atoms with Crippen LogP contribution in [-0.4, -0.2) is 41.8 Å². The zero-order valence-electron chi connectivity index (χ0n) is 19.6. The molecule has 3 heterocycles. The number of nitrogens with one attached hydrogen (secondary N) is 1. The summed E-state index contributed by atoms with van der Waals surface area (Å²) < 4.78 is 18.1. The van der Waals surface area contributed by atoms with Gasteiger partial charge in [-0.2, -0.15) is 0 Å². The minimum atomic E-state index is -0.663. The first-order valence-corrected chi connectivity index (χ1v) is 11.8. The molecule has 0 radical (unpaired) electrons. The Hall–Kier alpha value is -4.63. The molecule has 1 aliphatic carbocycles. The predicted molar refractivity (Wildman–Crippen MR) is 135 cm³/mol. The first-order chi connectivity index (χ1) is 18.0. The van der Waals surface area contributed by atoms with E-state index in [2.05, 4.69) is 15.3 Å². The van der Waals surface area contributed by atoms with E-state index in [-0.39, 0.29) is 35.1 Å². The van der Waals surface area contributed by atoms with Crippen molar-refractivity contribution in [3.8, 4) is 5.69 Å². The number of hydrogen-bond donors (Lipinski definition) is 2. The number of aliphatic hydroxyl groups is 1. The molecule has 0 aliphatic heterocycles. The number of fused-ring (bicyclic) bond motifs is 2. The maximum atomic E-state index is 14.7. The van der Waals surface area contributed by atoms with Crippen LogP contribution in [0.25, 0.3) is 11.3 Å². The van der Waals surface area contributed by atoms with Crippen molar-refractivity contribution in [2.24, 2.45) is 0 Å². The number of halogens is 1. The van der Waals surface area contributed by atoms with Gasteiger partial charge in [-0.05, 0) is 47.9 Å². The summed E-state index contributed by atoms with van der Waals surface area (Å²) >= 11 is 0. The van der Waals surface area contributed by atoms with Gasteiger partial charge in [0.25, 0.3) is 5.91 Å². The van der Waals surface area contributed by atoms with Crippen molar-refractivity contribution in [1.29, 1.82) is 0 Å². The molecule has 1 aliphatic rings. The molecule has 8 nitrogen and oxygen atoms in total. The van der Waals surface area contributed by atoms with Gasteiger partial charge in [0.05, 0.1) is 30.0 Å². The van der Waals surface area contributed by atoms with Crippen molar-refractivity contribution < 1.29 is 19.1 Å². The van der Waals surface area contributed by atoms with Crippen LogP contribution in [-0.2, 0) is 6.42 Å². The lowest BCUT2D eigenvalue weighted by atomic mass is 9.91. The minimum Gasteiger partial charge on any atom is -0.392 e. The van der Waals surface area contributed by atoms with Crippen LogP contribution in [0, 0.1) is 5.82 Å². The number of imidazole rings is 2. The summed E-state index contributed by atoms with van der Waals surface area (Å²) in [6.07, 6.45) is 8.15. The molecule has 9 heteroatoms. The molecule has 184 valence electrons. The lowest BCUT2D eigenvalue weighted by Gasteiger charge is -2.15. The Morgan fingerprint density at radius 1 is 1.14 bits per heavy atom. The molecule has 0 saturated heterocycles. The molecule has 6 rings (SSSR count). The molecule has 2 aromatic carbocycles. The number of anilines is 1. The molecule has 0 unspecified atom stereocenters. The number of rotatable bonds is 6. The second kappa shape index (κ2) is 9.11. The van der Waals surface area contributed by atoms with E-state index in [9.17, 15) is 19.1 Å².